The van der Waals surface area contributed by atoms with E-state index in [2.05, 4.69) is 51.1 Å². The Morgan fingerprint density at radius 3 is 2.51 bits per heavy atom. The normalized spacial score (nSPS) is 33.9. The van der Waals surface area contributed by atoms with Gasteiger partial charge in [-0.05, 0) is 78.8 Å². The predicted molar refractivity (Wildman–Crippen MR) is 145 cm³/mol. The topological polar surface area (TPSA) is 61.8 Å². The standard InChI is InChI=1S/C32H42O5/c1-20-9-14-25(30(2,3)23-12-10-22-18-24(35-5)13-11-21(22)17-23)27(16-20)37-29(34)32-15-7-8-26(33)28(32)31(4,19-32)36-6/h10-13,17-18,20,25,27-28H,7-9,14-16,19H2,1-6H3/t20-,25-,27-,28+,31+,32+/m1/s1. The highest BCUT2D eigenvalue weighted by molar-refractivity contribution is 5.94. The smallest absolute Gasteiger partial charge is 0.313 e. The third kappa shape index (κ3) is 4.27. The minimum absolute atomic E-state index is 0.153. The lowest BCUT2D eigenvalue weighted by atomic mass is 9.46. The SMILES string of the molecule is COc1ccc2cc(C(C)(C)[C@@H]3CC[C@@H](C)C[C@H]3OC(=O)[C@]34CCCC(=O)[C@H]3[C@@](C)(OC)C4)ccc2c1. The number of methoxy groups -OCH3 is 2. The molecule has 0 heterocycles. The van der Waals surface area contributed by atoms with Crippen molar-refractivity contribution >= 4 is 22.5 Å². The van der Waals surface area contributed by atoms with E-state index in [9.17, 15) is 9.59 Å². The van der Waals surface area contributed by atoms with Crippen molar-refractivity contribution in [2.45, 2.75) is 89.8 Å². The van der Waals surface area contributed by atoms with Crippen LogP contribution >= 0.6 is 0 Å². The maximum atomic E-state index is 13.9. The maximum absolute atomic E-state index is 13.9. The second kappa shape index (κ2) is 9.41. The molecule has 5 heteroatoms. The molecule has 0 unspecified atom stereocenters. The molecule has 200 valence electrons. The molecule has 3 fully saturated rings. The second-order valence-corrected chi connectivity index (χ2v) is 12.7. The molecule has 0 saturated heterocycles. The number of fused-ring (bicyclic) bond motifs is 2. The maximum Gasteiger partial charge on any atom is 0.313 e. The molecule has 3 saturated carbocycles. The van der Waals surface area contributed by atoms with Crippen LogP contribution < -0.4 is 4.74 Å². The Morgan fingerprint density at radius 1 is 1.05 bits per heavy atom. The number of rotatable bonds is 6. The van der Waals surface area contributed by atoms with E-state index >= 15 is 0 Å². The number of carbonyl (C=O) groups is 2. The van der Waals surface area contributed by atoms with Gasteiger partial charge in [0.05, 0.1) is 24.0 Å². The van der Waals surface area contributed by atoms with Gasteiger partial charge in [-0.25, -0.2) is 0 Å². The van der Waals surface area contributed by atoms with Crippen molar-refractivity contribution in [3.05, 3.63) is 42.0 Å². The van der Waals surface area contributed by atoms with Crippen LogP contribution in [0.5, 0.6) is 5.75 Å². The van der Waals surface area contributed by atoms with Crippen LogP contribution in [-0.2, 0) is 24.5 Å². The summed E-state index contributed by atoms with van der Waals surface area (Å²) in [7, 11) is 3.34. The minimum Gasteiger partial charge on any atom is -0.497 e. The Kier molecular flexibility index (Phi) is 6.67. The fourth-order valence-corrected chi connectivity index (χ4v) is 7.87. The van der Waals surface area contributed by atoms with Crippen LogP contribution in [0.15, 0.2) is 36.4 Å². The quantitative estimate of drug-likeness (QED) is 0.411. The van der Waals surface area contributed by atoms with E-state index in [0.717, 1.165) is 36.8 Å². The number of ketones is 1. The number of Topliss-reactive ketones (excluding diaryl/α,β-unsaturated/α-hetero) is 1. The molecule has 5 nitrogen and oxygen atoms in total. The number of hydrogen-bond donors (Lipinski definition) is 0. The van der Waals surface area contributed by atoms with Crippen molar-refractivity contribution in [3.63, 3.8) is 0 Å². The molecule has 2 aromatic rings. The molecule has 0 aliphatic heterocycles. The summed E-state index contributed by atoms with van der Waals surface area (Å²) < 4.78 is 17.6. The Labute approximate surface area is 221 Å². The molecular formula is C32H42O5. The van der Waals surface area contributed by atoms with E-state index in [1.165, 1.54) is 10.9 Å². The molecule has 0 amide bonds. The second-order valence-electron chi connectivity index (χ2n) is 12.7. The molecule has 2 aromatic carbocycles. The Morgan fingerprint density at radius 2 is 1.78 bits per heavy atom. The largest absolute Gasteiger partial charge is 0.497 e. The summed E-state index contributed by atoms with van der Waals surface area (Å²) in [6.45, 7) is 8.80. The van der Waals surface area contributed by atoms with E-state index in [4.69, 9.17) is 14.2 Å². The van der Waals surface area contributed by atoms with Crippen molar-refractivity contribution in [1.29, 1.82) is 0 Å². The Hall–Kier alpha value is -2.40. The zero-order valence-electron chi connectivity index (χ0n) is 23.3. The zero-order chi connectivity index (χ0) is 26.6. The number of benzene rings is 2. The number of carbonyl (C=O) groups excluding carboxylic acids is 2. The van der Waals surface area contributed by atoms with Gasteiger partial charge in [-0.1, -0.05) is 51.5 Å². The van der Waals surface area contributed by atoms with Crippen LogP contribution in [0.25, 0.3) is 10.8 Å². The zero-order valence-corrected chi connectivity index (χ0v) is 23.3. The highest BCUT2D eigenvalue weighted by Gasteiger charge is 2.70. The molecule has 0 N–H and O–H groups in total. The van der Waals surface area contributed by atoms with E-state index in [-0.39, 0.29) is 29.2 Å². The first kappa shape index (κ1) is 26.2. The lowest BCUT2D eigenvalue weighted by Crippen LogP contribution is -2.68. The summed E-state index contributed by atoms with van der Waals surface area (Å²) in [6.07, 6.45) is 5.39. The van der Waals surface area contributed by atoms with Gasteiger partial charge in [0.1, 0.15) is 17.6 Å². The Bertz CT molecular complexity index is 1200. The third-order valence-corrected chi connectivity index (χ3v) is 10.1. The van der Waals surface area contributed by atoms with E-state index in [0.29, 0.717) is 25.2 Å². The van der Waals surface area contributed by atoms with Crippen LogP contribution in [0.2, 0.25) is 0 Å². The number of ether oxygens (including phenoxy) is 3. The summed E-state index contributed by atoms with van der Waals surface area (Å²) >= 11 is 0. The number of esters is 1. The predicted octanol–water partition coefficient (Wildman–Crippen LogP) is 6.64. The number of hydrogen-bond acceptors (Lipinski definition) is 5. The van der Waals surface area contributed by atoms with Crippen molar-refractivity contribution < 1.29 is 23.8 Å². The lowest BCUT2D eigenvalue weighted by molar-refractivity contribution is -0.231. The van der Waals surface area contributed by atoms with Gasteiger partial charge in [-0.3, -0.25) is 9.59 Å². The molecule has 6 atom stereocenters. The van der Waals surface area contributed by atoms with Crippen LogP contribution in [0.3, 0.4) is 0 Å². The summed E-state index contributed by atoms with van der Waals surface area (Å²) in [6, 6.07) is 12.8. The monoisotopic (exact) mass is 506 g/mol. The molecule has 0 aromatic heterocycles. The van der Waals surface area contributed by atoms with Gasteiger partial charge in [-0.2, -0.15) is 0 Å². The molecule has 3 aliphatic rings. The van der Waals surface area contributed by atoms with Crippen molar-refractivity contribution in [1.82, 2.24) is 0 Å². The lowest BCUT2D eigenvalue weighted by Gasteiger charge is -2.60. The van der Waals surface area contributed by atoms with Gasteiger partial charge in [0.25, 0.3) is 0 Å². The molecule has 37 heavy (non-hydrogen) atoms. The minimum atomic E-state index is -0.725. The average Bonchev–Trinajstić information content (AvgIpc) is 2.86. The molecule has 0 radical (unpaired) electrons. The van der Waals surface area contributed by atoms with Crippen LogP contribution in [0, 0.1) is 23.2 Å². The molecule has 3 aliphatic carbocycles. The first-order valence-electron chi connectivity index (χ1n) is 13.9. The highest BCUT2D eigenvalue weighted by atomic mass is 16.5. The molecule has 0 spiro atoms. The van der Waals surface area contributed by atoms with Gasteiger partial charge in [0, 0.05) is 19.4 Å². The van der Waals surface area contributed by atoms with Crippen LogP contribution in [0.1, 0.15) is 78.2 Å². The van der Waals surface area contributed by atoms with Crippen molar-refractivity contribution in [2.75, 3.05) is 14.2 Å². The Balaban J connectivity index is 1.42. The van der Waals surface area contributed by atoms with Crippen LogP contribution in [0.4, 0.5) is 0 Å². The fourth-order valence-electron chi connectivity index (χ4n) is 7.87. The van der Waals surface area contributed by atoms with Crippen molar-refractivity contribution in [3.8, 4) is 5.75 Å². The van der Waals surface area contributed by atoms with Gasteiger partial charge in [-0.15, -0.1) is 0 Å². The summed E-state index contributed by atoms with van der Waals surface area (Å²) in [5, 5.41) is 2.33. The summed E-state index contributed by atoms with van der Waals surface area (Å²) in [5.74, 6) is 1.14. The average molecular weight is 507 g/mol. The third-order valence-electron chi connectivity index (χ3n) is 10.1. The summed E-state index contributed by atoms with van der Waals surface area (Å²) in [4.78, 5) is 26.9. The van der Waals surface area contributed by atoms with Crippen LogP contribution in [-0.4, -0.2) is 37.7 Å². The van der Waals surface area contributed by atoms with Gasteiger partial charge in [0.2, 0.25) is 0 Å². The van der Waals surface area contributed by atoms with E-state index in [1.54, 1.807) is 14.2 Å². The first-order chi connectivity index (χ1) is 17.5. The van der Waals surface area contributed by atoms with E-state index in [1.807, 2.05) is 13.0 Å². The van der Waals surface area contributed by atoms with E-state index < -0.39 is 16.9 Å². The molecule has 0 bridgehead atoms. The molecular weight excluding hydrogens is 464 g/mol. The van der Waals surface area contributed by atoms with Gasteiger partial charge >= 0.3 is 5.97 Å². The summed E-state index contributed by atoms with van der Waals surface area (Å²) in [5.41, 5.74) is -0.218. The van der Waals surface area contributed by atoms with Gasteiger partial charge < -0.3 is 14.2 Å². The molecule has 5 rings (SSSR count). The fraction of sp³-hybridized carbons (Fsp3) is 0.625. The van der Waals surface area contributed by atoms with Gasteiger partial charge in [0.15, 0.2) is 0 Å². The highest BCUT2D eigenvalue weighted by Crippen LogP contribution is 2.62. The van der Waals surface area contributed by atoms with Crippen molar-refractivity contribution in [2.24, 2.45) is 23.2 Å². The first-order valence-corrected chi connectivity index (χ1v) is 13.9.